The topological polar surface area (TPSA) is 56.5 Å². The number of methoxy groups -OCH3 is 2. The fourth-order valence-corrected chi connectivity index (χ4v) is 2.52. The van der Waals surface area contributed by atoms with Gasteiger partial charge in [0.2, 0.25) is 0 Å². The Morgan fingerprint density at radius 1 is 1.33 bits per heavy atom. The molecule has 0 bridgehead atoms. The summed E-state index contributed by atoms with van der Waals surface area (Å²) in [6.45, 7) is 0.948. The first kappa shape index (κ1) is 13.2. The summed E-state index contributed by atoms with van der Waals surface area (Å²) in [7, 11) is 5.29. The van der Waals surface area contributed by atoms with Crippen molar-refractivity contribution in [1.82, 2.24) is 5.32 Å². The van der Waals surface area contributed by atoms with E-state index in [1.54, 1.807) is 14.2 Å². The van der Waals surface area contributed by atoms with Gasteiger partial charge in [0.15, 0.2) is 0 Å². The maximum Gasteiger partial charge on any atom is 0.127 e. The van der Waals surface area contributed by atoms with E-state index in [0.29, 0.717) is 0 Å². The monoisotopic (exact) mass is 250 g/mol. The van der Waals surface area contributed by atoms with Gasteiger partial charge in [-0.3, -0.25) is 0 Å². The molecule has 4 nitrogen and oxygen atoms in total. The third-order valence-electron chi connectivity index (χ3n) is 3.86. The molecule has 1 aromatic rings. The van der Waals surface area contributed by atoms with E-state index in [9.17, 15) is 0 Å². The fraction of sp³-hybridized carbons (Fsp3) is 0.571. The maximum atomic E-state index is 6.43. The summed E-state index contributed by atoms with van der Waals surface area (Å²) in [6.07, 6.45) is 2.34. The Hall–Kier alpha value is -1.26. The van der Waals surface area contributed by atoms with Gasteiger partial charge in [0.05, 0.1) is 14.2 Å². The average Bonchev–Trinajstić information content (AvgIpc) is 3.18. The molecule has 2 rings (SSSR count). The minimum atomic E-state index is 0.00538. The van der Waals surface area contributed by atoms with Crippen LogP contribution >= 0.6 is 0 Å². The van der Waals surface area contributed by atoms with Gasteiger partial charge in [0.1, 0.15) is 11.5 Å². The van der Waals surface area contributed by atoms with Crippen LogP contribution in [0.15, 0.2) is 18.2 Å². The van der Waals surface area contributed by atoms with Gasteiger partial charge in [0.25, 0.3) is 0 Å². The molecule has 1 unspecified atom stereocenters. The number of hydrogen-bond acceptors (Lipinski definition) is 4. The largest absolute Gasteiger partial charge is 0.497 e. The Balaban J connectivity index is 2.27. The lowest BCUT2D eigenvalue weighted by Crippen LogP contribution is -2.31. The van der Waals surface area contributed by atoms with Crippen molar-refractivity contribution in [1.29, 1.82) is 0 Å². The number of rotatable bonds is 6. The molecule has 0 amide bonds. The van der Waals surface area contributed by atoms with Gasteiger partial charge in [-0.05, 0) is 26.0 Å². The van der Waals surface area contributed by atoms with Gasteiger partial charge in [-0.2, -0.15) is 0 Å². The highest BCUT2D eigenvalue weighted by atomic mass is 16.5. The number of benzene rings is 1. The van der Waals surface area contributed by atoms with Gasteiger partial charge < -0.3 is 20.5 Å². The van der Waals surface area contributed by atoms with Crippen molar-refractivity contribution in [2.24, 2.45) is 11.1 Å². The quantitative estimate of drug-likeness (QED) is 0.807. The smallest absolute Gasteiger partial charge is 0.127 e. The van der Waals surface area contributed by atoms with E-state index in [1.807, 2.05) is 25.2 Å². The van der Waals surface area contributed by atoms with E-state index in [2.05, 4.69) is 5.32 Å². The molecular weight excluding hydrogens is 228 g/mol. The second-order valence-corrected chi connectivity index (χ2v) is 4.98. The van der Waals surface area contributed by atoms with E-state index >= 15 is 0 Å². The van der Waals surface area contributed by atoms with Crippen LogP contribution in [-0.4, -0.2) is 27.8 Å². The lowest BCUT2D eigenvalue weighted by Gasteiger charge is -2.25. The zero-order valence-corrected chi connectivity index (χ0v) is 11.3. The molecule has 0 saturated heterocycles. The van der Waals surface area contributed by atoms with Gasteiger partial charge in [-0.1, -0.05) is 6.07 Å². The molecule has 0 heterocycles. The molecule has 100 valence electrons. The van der Waals surface area contributed by atoms with E-state index in [1.165, 1.54) is 12.8 Å². The summed E-state index contributed by atoms with van der Waals surface area (Å²) in [5.41, 5.74) is 7.68. The highest BCUT2D eigenvalue weighted by Crippen LogP contribution is 2.54. The lowest BCUT2D eigenvalue weighted by molar-refractivity contribution is 0.358. The zero-order valence-electron chi connectivity index (χ0n) is 11.3. The molecule has 1 aromatic carbocycles. The predicted octanol–water partition coefficient (Wildman–Crippen LogP) is 1.70. The Kier molecular flexibility index (Phi) is 3.78. The molecule has 1 aliphatic rings. The van der Waals surface area contributed by atoms with Crippen LogP contribution in [-0.2, 0) is 0 Å². The summed E-state index contributed by atoms with van der Waals surface area (Å²) in [5.74, 6) is 1.60. The number of hydrogen-bond donors (Lipinski definition) is 2. The van der Waals surface area contributed by atoms with Crippen LogP contribution in [0.5, 0.6) is 11.5 Å². The van der Waals surface area contributed by atoms with Gasteiger partial charge in [-0.15, -0.1) is 0 Å². The molecule has 18 heavy (non-hydrogen) atoms. The van der Waals surface area contributed by atoms with Crippen molar-refractivity contribution in [2.75, 3.05) is 27.8 Å². The van der Waals surface area contributed by atoms with Crippen LogP contribution in [0.25, 0.3) is 0 Å². The molecule has 1 fully saturated rings. The Labute approximate surface area is 108 Å². The molecule has 0 aliphatic heterocycles. The van der Waals surface area contributed by atoms with Crippen molar-refractivity contribution in [3.05, 3.63) is 23.8 Å². The van der Waals surface area contributed by atoms with E-state index in [-0.39, 0.29) is 11.5 Å². The van der Waals surface area contributed by atoms with Crippen LogP contribution in [0.3, 0.4) is 0 Å². The third-order valence-corrected chi connectivity index (χ3v) is 3.86. The summed E-state index contributed by atoms with van der Waals surface area (Å²) in [5, 5.41) is 3.24. The average molecular weight is 250 g/mol. The highest BCUT2D eigenvalue weighted by molar-refractivity contribution is 5.43. The first-order chi connectivity index (χ1) is 8.66. The Morgan fingerprint density at radius 3 is 2.56 bits per heavy atom. The summed E-state index contributed by atoms with van der Waals surface area (Å²) in [6, 6.07) is 5.85. The lowest BCUT2D eigenvalue weighted by atomic mass is 9.90. The Morgan fingerprint density at radius 2 is 2.06 bits per heavy atom. The van der Waals surface area contributed by atoms with Crippen LogP contribution in [0, 0.1) is 5.41 Å². The second kappa shape index (κ2) is 5.16. The molecule has 1 atom stereocenters. The van der Waals surface area contributed by atoms with Crippen LogP contribution < -0.4 is 20.5 Å². The second-order valence-electron chi connectivity index (χ2n) is 4.98. The fourth-order valence-electron chi connectivity index (χ4n) is 2.52. The van der Waals surface area contributed by atoms with Gasteiger partial charge >= 0.3 is 0 Å². The summed E-state index contributed by atoms with van der Waals surface area (Å²) >= 11 is 0. The maximum absolute atomic E-state index is 6.43. The molecule has 0 aromatic heterocycles. The summed E-state index contributed by atoms with van der Waals surface area (Å²) < 4.78 is 10.6. The van der Waals surface area contributed by atoms with Crippen LogP contribution in [0.4, 0.5) is 0 Å². The van der Waals surface area contributed by atoms with Crippen molar-refractivity contribution in [3.63, 3.8) is 0 Å². The molecule has 0 spiro atoms. The zero-order chi connectivity index (χ0) is 13.2. The van der Waals surface area contributed by atoms with Crippen LogP contribution in [0.2, 0.25) is 0 Å². The summed E-state index contributed by atoms with van der Waals surface area (Å²) in [4.78, 5) is 0. The molecular formula is C14H22N2O2. The molecule has 4 heteroatoms. The van der Waals surface area contributed by atoms with E-state index in [0.717, 1.165) is 23.6 Å². The first-order valence-corrected chi connectivity index (χ1v) is 6.29. The SMILES string of the molecule is CNCC1(C(N)c2ccc(OC)cc2OC)CC1. The molecule has 0 radical (unpaired) electrons. The van der Waals surface area contributed by atoms with E-state index in [4.69, 9.17) is 15.2 Å². The van der Waals surface area contributed by atoms with Crippen molar-refractivity contribution >= 4 is 0 Å². The number of nitrogens with two attached hydrogens (primary N) is 1. The minimum Gasteiger partial charge on any atom is -0.497 e. The highest BCUT2D eigenvalue weighted by Gasteiger charge is 2.48. The number of ether oxygens (including phenoxy) is 2. The normalized spacial score (nSPS) is 18.2. The molecule has 1 aliphatic carbocycles. The standard InChI is InChI=1S/C14H22N2O2/c1-16-9-14(6-7-14)13(15)11-5-4-10(17-2)8-12(11)18-3/h4-5,8,13,16H,6-7,9,15H2,1-3H3. The van der Waals surface area contributed by atoms with E-state index < -0.39 is 0 Å². The third kappa shape index (κ3) is 2.31. The number of nitrogens with one attached hydrogen (secondary N) is 1. The minimum absolute atomic E-state index is 0.00538. The van der Waals surface area contributed by atoms with Crippen LogP contribution in [0.1, 0.15) is 24.4 Å². The van der Waals surface area contributed by atoms with Gasteiger partial charge in [0, 0.05) is 29.6 Å². The van der Waals surface area contributed by atoms with Gasteiger partial charge in [-0.25, -0.2) is 0 Å². The first-order valence-electron chi connectivity index (χ1n) is 6.29. The van der Waals surface area contributed by atoms with Crippen molar-refractivity contribution < 1.29 is 9.47 Å². The molecule has 3 N–H and O–H groups in total. The molecule has 1 saturated carbocycles. The van der Waals surface area contributed by atoms with Crippen molar-refractivity contribution in [2.45, 2.75) is 18.9 Å². The Bertz CT molecular complexity index is 416. The predicted molar refractivity (Wildman–Crippen MR) is 72.1 cm³/mol. The van der Waals surface area contributed by atoms with Crippen molar-refractivity contribution in [3.8, 4) is 11.5 Å².